The molecule has 1 fully saturated rings. The Morgan fingerprint density at radius 2 is 2.53 bits per heavy atom. The van der Waals surface area contributed by atoms with Crippen LogP contribution in [0.15, 0.2) is 15.9 Å². The summed E-state index contributed by atoms with van der Waals surface area (Å²) in [6.07, 6.45) is 1.90. The summed E-state index contributed by atoms with van der Waals surface area (Å²) in [5.41, 5.74) is 0. The first-order chi connectivity index (χ1) is 7.22. The first-order valence-electron chi connectivity index (χ1n) is 4.88. The lowest BCUT2D eigenvalue weighted by atomic mass is 10.2. The number of thiophene rings is 1. The number of carbonyl (C=O) groups excluding carboxylic acids is 1. The molecule has 0 spiro atoms. The molecule has 1 saturated heterocycles. The molecule has 1 amide bonds. The van der Waals surface area contributed by atoms with Crippen molar-refractivity contribution in [2.45, 2.75) is 18.9 Å². The lowest BCUT2D eigenvalue weighted by Crippen LogP contribution is -2.37. The minimum atomic E-state index is 0.0124. The van der Waals surface area contributed by atoms with Gasteiger partial charge in [0.2, 0.25) is 0 Å². The van der Waals surface area contributed by atoms with E-state index in [1.54, 1.807) is 4.90 Å². The quantitative estimate of drug-likeness (QED) is 0.906. The predicted octanol–water partition coefficient (Wildman–Crippen LogP) is 2.11. The van der Waals surface area contributed by atoms with Gasteiger partial charge in [0.15, 0.2) is 0 Å². The molecule has 2 heterocycles. The van der Waals surface area contributed by atoms with E-state index in [1.807, 2.05) is 11.4 Å². The SMILES string of the molecule is O=C(c1cc(Br)cs1)N1CCC[C@H]1CO. The predicted molar refractivity (Wildman–Crippen MR) is 63.2 cm³/mol. The molecule has 1 N–H and O–H groups in total. The summed E-state index contributed by atoms with van der Waals surface area (Å²) in [7, 11) is 0. The van der Waals surface area contributed by atoms with Gasteiger partial charge >= 0.3 is 0 Å². The first kappa shape index (κ1) is 11.1. The molecule has 3 nitrogen and oxygen atoms in total. The minimum absolute atomic E-state index is 0.0124. The third-order valence-corrected chi connectivity index (χ3v) is 4.31. The van der Waals surface area contributed by atoms with Crippen LogP contribution in [-0.4, -0.2) is 35.1 Å². The molecule has 1 aromatic rings. The van der Waals surface area contributed by atoms with Crippen molar-refractivity contribution >= 4 is 33.2 Å². The third-order valence-electron chi connectivity index (χ3n) is 2.63. The van der Waals surface area contributed by atoms with Crippen LogP contribution in [0.1, 0.15) is 22.5 Å². The largest absolute Gasteiger partial charge is 0.394 e. The van der Waals surface area contributed by atoms with E-state index in [4.69, 9.17) is 5.11 Å². The van der Waals surface area contributed by atoms with E-state index in [1.165, 1.54) is 11.3 Å². The fourth-order valence-corrected chi connectivity index (χ4v) is 3.24. The van der Waals surface area contributed by atoms with E-state index in [0.29, 0.717) is 0 Å². The Balaban J connectivity index is 2.13. The average Bonchev–Trinajstić information content (AvgIpc) is 2.84. The van der Waals surface area contributed by atoms with Crippen molar-refractivity contribution in [2.24, 2.45) is 0 Å². The number of hydrogen-bond acceptors (Lipinski definition) is 3. The zero-order valence-electron chi connectivity index (χ0n) is 8.15. The molecule has 5 heteroatoms. The van der Waals surface area contributed by atoms with Gasteiger partial charge in [-0.1, -0.05) is 0 Å². The van der Waals surface area contributed by atoms with Gasteiger partial charge in [-0.05, 0) is 34.8 Å². The Morgan fingerprint density at radius 3 is 3.13 bits per heavy atom. The number of nitrogens with zero attached hydrogens (tertiary/aromatic N) is 1. The van der Waals surface area contributed by atoms with Gasteiger partial charge in [-0.3, -0.25) is 4.79 Å². The van der Waals surface area contributed by atoms with E-state index in [9.17, 15) is 4.79 Å². The first-order valence-corrected chi connectivity index (χ1v) is 6.55. The molecule has 0 aliphatic carbocycles. The van der Waals surface area contributed by atoms with Gasteiger partial charge in [0.05, 0.1) is 17.5 Å². The van der Waals surface area contributed by atoms with Crippen molar-refractivity contribution < 1.29 is 9.90 Å². The van der Waals surface area contributed by atoms with Gasteiger partial charge in [-0.25, -0.2) is 0 Å². The number of likely N-dealkylation sites (tertiary alicyclic amines) is 1. The Hall–Kier alpha value is -0.390. The molecule has 0 unspecified atom stereocenters. The maximum absolute atomic E-state index is 12.0. The Kier molecular flexibility index (Phi) is 3.43. The van der Waals surface area contributed by atoms with E-state index in [-0.39, 0.29) is 18.6 Å². The number of amides is 1. The molecular formula is C10H12BrNO2S. The summed E-state index contributed by atoms with van der Waals surface area (Å²) in [6.45, 7) is 0.831. The van der Waals surface area contributed by atoms with Crippen molar-refractivity contribution in [1.82, 2.24) is 4.90 Å². The standard InChI is InChI=1S/C10H12BrNO2S/c11-7-4-9(15-6-7)10(14)12-3-1-2-8(12)5-13/h4,6,8,13H,1-3,5H2/t8-/m0/s1. The highest BCUT2D eigenvalue weighted by molar-refractivity contribution is 9.10. The highest BCUT2D eigenvalue weighted by Crippen LogP contribution is 2.25. The molecule has 1 aliphatic rings. The van der Waals surface area contributed by atoms with Crippen LogP contribution in [0, 0.1) is 0 Å². The molecule has 15 heavy (non-hydrogen) atoms. The minimum Gasteiger partial charge on any atom is -0.394 e. The van der Waals surface area contributed by atoms with Gasteiger partial charge in [0, 0.05) is 16.4 Å². The number of aliphatic hydroxyl groups is 1. The highest BCUT2D eigenvalue weighted by atomic mass is 79.9. The van der Waals surface area contributed by atoms with Gasteiger partial charge in [0.1, 0.15) is 0 Å². The van der Waals surface area contributed by atoms with Crippen LogP contribution in [0.3, 0.4) is 0 Å². The molecule has 0 radical (unpaired) electrons. The second kappa shape index (κ2) is 4.63. The number of rotatable bonds is 2. The maximum Gasteiger partial charge on any atom is 0.264 e. The summed E-state index contributed by atoms with van der Waals surface area (Å²) in [4.78, 5) is 14.5. The van der Waals surface area contributed by atoms with Gasteiger partial charge < -0.3 is 10.0 Å². The summed E-state index contributed by atoms with van der Waals surface area (Å²) >= 11 is 4.77. The van der Waals surface area contributed by atoms with E-state index >= 15 is 0 Å². The van der Waals surface area contributed by atoms with Crippen LogP contribution in [0.25, 0.3) is 0 Å². The Morgan fingerprint density at radius 1 is 1.73 bits per heavy atom. The molecule has 1 aromatic heterocycles. The molecule has 0 saturated carbocycles. The van der Waals surface area contributed by atoms with Gasteiger partial charge in [0.25, 0.3) is 5.91 Å². The maximum atomic E-state index is 12.0. The van der Waals surface area contributed by atoms with Crippen molar-refractivity contribution in [2.75, 3.05) is 13.2 Å². The molecule has 1 atom stereocenters. The number of aliphatic hydroxyl groups excluding tert-OH is 1. The second-order valence-electron chi connectivity index (χ2n) is 3.61. The summed E-state index contributed by atoms with van der Waals surface area (Å²) in [5, 5.41) is 11.0. The number of hydrogen-bond donors (Lipinski definition) is 1. The molecule has 1 aliphatic heterocycles. The zero-order valence-corrected chi connectivity index (χ0v) is 10.6. The van der Waals surface area contributed by atoms with E-state index in [0.717, 1.165) is 28.7 Å². The third kappa shape index (κ3) is 2.24. The molecule has 0 aromatic carbocycles. The topological polar surface area (TPSA) is 40.5 Å². The lowest BCUT2D eigenvalue weighted by Gasteiger charge is -2.22. The van der Waals surface area contributed by atoms with Crippen molar-refractivity contribution in [3.8, 4) is 0 Å². The molecule has 0 bridgehead atoms. The number of halogens is 1. The normalized spacial score (nSPS) is 20.9. The summed E-state index contributed by atoms with van der Waals surface area (Å²) < 4.78 is 0.940. The van der Waals surface area contributed by atoms with Gasteiger partial charge in [-0.15, -0.1) is 11.3 Å². The lowest BCUT2D eigenvalue weighted by molar-refractivity contribution is 0.0682. The Labute approximate surface area is 101 Å². The monoisotopic (exact) mass is 289 g/mol. The van der Waals surface area contributed by atoms with Crippen LogP contribution in [-0.2, 0) is 0 Å². The second-order valence-corrected chi connectivity index (χ2v) is 5.43. The summed E-state index contributed by atoms with van der Waals surface area (Å²) in [5.74, 6) is 0.0438. The van der Waals surface area contributed by atoms with Gasteiger partial charge in [-0.2, -0.15) is 0 Å². The molecular weight excluding hydrogens is 278 g/mol. The molecule has 82 valence electrons. The van der Waals surface area contributed by atoms with Crippen LogP contribution >= 0.6 is 27.3 Å². The van der Waals surface area contributed by atoms with Crippen molar-refractivity contribution in [3.05, 3.63) is 20.8 Å². The van der Waals surface area contributed by atoms with Crippen LogP contribution in [0.4, 0.5) is 0 Å². The van der Waals surface area contributed by atoms with E-state index < -0.39 is 0 Å². The van der Waals surface area contributed by atoms with E-state index in [2.05, 4.69) is 15.9 Å². The Bertz CT molecular complexity index is 366. The fourth-order valence-electron chi connectivity index (χ4n) is 1.86. The number of carbonyl (C=O) groups is 1. The summed E-state index contributed by atoms with van der Waals surface area (Å²) in [6, 6.07) is 1.85. The fraction of sp³-hybridized carbons (Fsp3) is 0.500. The van der Waals surface area contributed by atoms with Crippen LogP contribution < -0.4 is 0 Å². The van der Waals surface area contributed by atoms with Crippen LogP contribution in [0.2, 0.25) is 0 Å². The highest BCUT2D eigenvalue weighted by Gasteiger charge is 2.29. The van der Waals surface area contributed by atoms with Crippen LogP contribution in [0.5, 0.6) is 0 Å². The van der Waals surface area contributed by atoms with Crippen molar-refractivity contribution in [3.63, 3.8) is 0 Å². The zero-order chi connectivity index (χ0) is 10.8. The average molecular weight is 290 g/mol. The van der Waals surface area contributed by atoms with Crippen molar-refractivity contribution in [1.29, 1.82) is 0 Å². The smallest absolute Gasteiger partial charge is 0.264 e. The molecule has 2 rings (SSSR count).